The highest BCUT2D eigenvalue weighted by molar-refractivity contribution is 6.03. The van der Waals surface area contributed by atoms with Crippen molar-refractivity contribution in [1.82, 2.24) is 5.16 Å². The van der Waals surface area contributed by atoms with Gasteiger partial charge in [0.2, 0.25) is 18.6 Å². The van der Waals surface area contributed by atoms with E-state index in [1.54, 1.807) is 36.1 Å². The van der Waals surface area contributed by atoms with Gasteiger partial charge in [-0.1, -0.05) is 5.16 Å². The number of nitrogens with zero attached hydrogens (tertiary/aromatic N) is 2. The second-order valence-corrected chi connectivity index (χ2v) is 5.76. The first kappa shape index (κ1) is 14.6. The van der Waals surface area contributed by atoms with Crippen molar-refractivity contribution in [2.45, 2.75) is 13.3 Å². The number of aryl methyl sites for hydroxylation is 1. The number of fused-ring (bicyclic) bond motifs is 1. The lowest BCUT2D eigenvalue weighted by Gasteiger charge is -2.17. The zero-order valence-corrected chi connectivity index (χ0v) is 12.9. The highest BCUT2D eigenvalue weighted by Crippen LogP contribution is 2.37. The summed E-state index contributed by atoms with van der Waals surface area (Å²) in [6.45, 7) is 2.22. The number of nitrogens with one attached hydrogen (secondary N) is 1. The summed E-state index contributed by atoms with van der Waals surface area (Å²) in [6.07, 6.45) is 0.150. The zero-order chi connectivity index (χ0) is 16.7. The third kappa shape index (κ3) is 2.55. The van der Waals surface area contributed by atoms with Crippen LogP contribution in [0.15, 0.2) is 28.8 Å². The minimum Gasteiger partial charge on any atom is -0.454 e. The molecule has 2 aromatic rings. The van der Waals surface area contributed by atoms with Crippen LogP contribution in [0, 0.1) is 12.8 Å². The molecule has 1 fully saturated rings. The normalized spacial score (nSPS) is 19.0. The third-order valence-electron chi connectivity index (χ3n) is 4.04. The third-order valence-corrected chi connectivity index (χ3v) is 4.04. The van der Waals surface area contributed by atoms with Crippen molar-refractivity contribution in [3.63, 3.8) is 0 Å². The number of carbonyl (C=O) groups excluding carboxylic acids is 2. The molecule has 0 radical (unpaired) electrons. The molecule has 0 bridgehead atoms. The Morgan fingerprint density at radius 3 is 2.92 bits per heavy atom. The highest BCUT2D eigenvalue weighted by Gasteiger charge is 2.36. The number of amides is 2. The van der Waals surface area contributed by atoms with E-state index >= 15 is 0 Å². The Bertz CT molecular complexity index is 816. The van der Waals surface area contributed by atoms with E-state index in [4.69, 9.17) is 14.0 Å². The molecular weight excluding hydrogens is 314 g/mol. The first-order valence-corrected chi connectivity index (χ1v) is 7.54. The maximum absolute atomic E-state index is 12.3. The molecule has 0 spiro atoms. The van der Waals surface area contributed by atoms with E-state index in [0.717, 1.165) is 0 Å². The van der Waals surface area contributed by atoms with Gasteiger partial charge in [-0.15, -0.1) is 0 Å². The number of hydrogen-bond acceptors (Lipinski definition) is 6. The van der Waals surface area contributed by atoms with E-state index < -0.39 is 5.92 Å². The summed E-state index contributed by atoms with van der Waals surface area (Å²) in [6, 6.07) is 6.93. The van der Waals surface area contributed by atoms with E-state index in [0.29, 0.717) is 35.3 Å². The Balaban J connectivity index is 1.47. The summed E-state index contributed by atoms with van der Waals surface area (Å²) in [7, 11) is 0. The summed E-state index contributed by atoms with van der Waals surface area (Å²) < 4.78 is 15.5. The predicted molar refractivity (Wildman–Crippen MR) is 82.9 cm³/mol. The number of carbonyl (C=O) groups is 2. The average molecular weight is 329 g/mol. The molecule has 1 aromatic carbocycles. The first-order valence-electron chi connectivity index (χ1n) is 7.54. The van der Waals surface area contributed by atoms with Crippen molar-refractivity contribution in [1.29, 1.82) is 0 Å². The van der Waals surface area contributed by atoms with Crippen LogP contribution in [0.2, 0.25) is 0 Å². The fraction of sp³-hybridized carbons (Fsp3) is 0.312. The number of benzene rings is 1. The Kier molecular flexibility index (Phi) is 3.37. The number of ether oxygens (including phenoxy) is 2. The molecule has 0 saturated carbocycles. The van der Waals surface area contributed by atoms with Crippen LogP contribution in [-0.4, -0.2) is 30.3 Å². The molecule has 24 heavy (non-hydrogen) atoms. The van der Waals surface area contributed by atoms with Gasteiger partial charge >= 0.3 is 0 Å². The molecule has 2 amide bonds. The quantitative estimate of drug-likeness (QED) is 0.921. The summed E-state index contributed by atoms with van der Waals surface area (Å²) in [4.78, 5) is 26.2. The van der Waals surface area contributed by atoms with E-state index in [2.05, 4.69) is 10.5 Å². The molecule has 8 nitrogen and oxygen atoms in total. The lowest BCUT2D eigenvalue weighted by Crippen LogP contribution is -2.28. The van der Waals surface area contributed by atoms with Crippen LogP contribution in [-0.2, 0) is 9.59 Å². The van der Waals surface area contributed by atoms with Gasteiger partial charge < -0.3 is 24.2 Å². The first-order chi connectivity index (χ1) is 11.6. The van der Waals surface area contributed by atoms with Crippen molar-refractivity contribution < 1.29 is 23.6 Å². The van der Waals surface area contributed by atoms with Crippen molar-refractivity contribution in [3.05, 3.63) is 30.0 Å². The molecule has 1 saturated heterocycles. The lowest BCUT2D eigenvalue weighted by atomic mass is 10.1. The number of aromatic nitrogens is 1. The van der Waals surface area contributed by atoms with E-state index in [-0.39, 0.29) is 25.0 Å². The second-order valence-electron chi connectivity index (χ2n) is 5.76. The molecule has 1 atom stereocenters. The Hall–Kier alpha value is -3.03. The van der Waals surface area contributed by atoms with Gasteiger partial charge in [-0.05, 0) is 19.1 Å². The van der Waals surface area contributed by atoms with Gasteiger partial charge in [0.05, 0.1) is 5.92 Å². The summed E-state index contributed by atoms with van der Waals surface area (Å²) in [5.41, 5.74) is 0.692. The van der Waals surface area contributed by atoms with Gasteiger partial charge in [-0.3, -0.25) is 9.59 Å². The topological polar surface area (TPSA) is 93.9 Å². The molecule has 8 heteroatoms. The fourth-order valence-corrected chi connectivity index (χ4v) is 2.84. The van der Waals surface area contributed by atoms with Crippen LogP contribution >= 0.6 is 0 Å². The molecule has 1 aromatic heterocycles. The molecule has 0 unspecified atom stereocenters. The molecular formula is C16H15N3O5. The standard InChI is InChI=1S/C16H15N3O5/c1-9-4-14(18-24-9)17-16(21)10-5-15(20)19(7-10)11-2-3-12-13(6-11)23-8-22-12/h2-4,6,10H,5,7-8H2,1H3,(H,17,18,21)/t10-/m0/s1. The van der Waals surface area contributed by atoms with Crippen molar-refractivity contribution in [2.24, 2.45) is 5.92 Å². The van der Waals surface area contributed by atoms with Crippen LogP contribution < -0.4 is 19.7 Å². The van der Waals surface area contributed by atoms with Crippen molar-refractivity contribution in [2.75, 3.05) is 23.6 Å². The lowest BCUT2D eigenvalue weighted by molar-refractivity contribution is -0.122. The van der Waals surface area contributed by atoms with Crippen molar-refractivity contribution in [3.8, 4) is 11.5 Å². The molecule has 124 valence electrons. The van der Waals surface area contributed by atoms with Crippen LogP contribution in [0.5, 0.6) is 11.5 Å². The van der Waals surface area contributed by atoms with Gasteiger partial charge in [-0.2, -0.15) is 0 Å². The molecule has 0 aliphatic carbocycles. The van der Waals surface area contributed by atoms with E-state index in [9.17, 15) is 9.59 Å². The Morgan fingerprint density at radius 2 is 2.12 bits per heavy atom. The predicted octanol–water partition coefficient (Wildman–Crippen LogP) is 1.70. The number of anilines is 2. The van der Waals surface area contributed by atoms with Crippen LogP contribution in [0.3, 0.4) is 0 Å². The number of rotatable bonds is 3. The van der Waals surface area contributed by atoms with Crippen LogP contribution in [0.1, 0.15) is 12.2 Å². The summed E-state index contributed by atoms with van der Waals surface area (Å²) in [5.74, 6) is 1.42. The van der Waals surface area contributed by atoms with Gasteiger partial charge in [-0.25, -0.2) is 0 Å². The van der Waals surface area contributed by atoms with E-state index in [1.165, 1.54) is 0 Å². The van der Waals surface area contributed by atoms with Crippen LogP contribution in [0.4, 0.5) is 11.5 Å². The Morgan fingerprint density at radius 1 is 1.29 bits per heavy atom. The smallest absolute Gasteiger partial charge is 0.231 e. The van der Waals surface area contributed by atoms with Gasteiger partial charge in [0, 0.05) is 30.8 Å². The van der Waals surface area contributed by atoms with Gasteiger partial charge in [0.1, 0.15) is 5.76 Å². The number of hydrogen-bond donors (Lipinski definition) is 1. The SMILES string of the molecule is Cc1cc(NC(=O)[C@H]2CC(=O)N(c3ccc4c(c3)OCO4)C2)no1. The molecule has 1 N–H and O–H groups in total. The van der Waals surface area contributed by atoms with Gasteiger partial charge in [0.25, 0.3) is 0 Å². The van der Waals surface area contributed by atoms with E-state index in [1.807, 2.05) is 0 Å². The minimum atomic E-state index is -0.445. The second kappa shape index (κ2) is 5.55. The maximum Gasteiger partial charge on any atom is 0.231 e. The van der Waals surface area contributed by atoms with Crippen LogP contribution in [0.25, 0.3) is 0 Å². The van der Waals surface area contributed by atoms with Crippen molar-refractivity contribution >= 4 is 23.3 Å². The fourth-order valence-electron chi connectivity index (χ4n) is 2.84. The molecule has 4 rings (SSSR count). The largest absolute Gasteiger partial charge is 0.454 e. The highest BCUT2D eigenvalue weighted by atomic mass is 16.7. The molecule has 2 aliphatic heterocycles. The molecule has 2 aliphatic rings. The Labute approximate surface area is 137 Å². The molecule has 3 heterocycles. The summed E-state index contributed by atoms with van der Waals surface area (Å²) >= 11 is 0. The monoisotopic (exact) mass is 329 g/mol. The zero-order valence-electron chi connectivity index (χ0n) is 12.9. The summed E-state index contributed by atoms with van der Waals surface area (Å²) in [5, 5.41) is 6.40. The van der Waals surface area contributed by atoms with Gasteiger partial charge in [0.15, 0.2) is 17.3 Å². The average Bonchev–Trinajstić information content (AvgIpc) is 3.26. The maximum atomic E-state index is 12.3. The minimum absolute atomic E-state index is 0.106.